The van der Waals surface area contributed by atoms with Crippen LogP contribution in [0.5, 0.6) is 0 Å². The van der Waals surface area contributed by atoms with Gasteiger partial charge in [0.15, 0.2) is 0 Å². The number of carbonyl (C=O) groups is 2. The lowest BCUT2D eigenvalue weighted by atomic mass is 10.1. The summed E-state index contributed by atoms with van der Waals surface area (Å²) in [6, 6.07) is 8.89. The number of nitrogens with one attached hydrogen (secondary N) is 1. The Bertz CT molecular complexity index is 902. The van der Waals surface area contributed by atoms with Crippen LogP contribution in [0.2, 0.25) is 10.0 Å². The fraction of sp³-hybridized carbons (Fsp3) is 0.222. The first-order chi connectivity index (χ1) is 12.7. The fourth-order valence-electron chi connectivity index (χ4n) is 2.87. The van der Waals surface area contributed by atoms with Gasteiger partial charge in [-0.1, -0.05) is 29.3 Å². The van der Waals surface area contributed by atoms with Gasteiger partial charge < -0.3 is 10.2 Å². The number of hydrogen-bond donors (Lipinski definition) is 1. The van der Waals surface area contributed by atoms with Crippen LogP contribution in [-0.2, 0) is 15.8 Å². The lowest BCUT2D eigenvalue weighted by Gasteiger charge is -2.18. The van der Waals surface area contributed by atoms with Gasteiger partial charge in [0, 0.05) is 17.3 Å². The number of benzene rings is 2. The Kier molecular flexibility index (Phi) is 5.35. The predicted octanol–water partition coefficient (Wildman–Crippen LogP) is 5.00. The van der Waals surface area contributed by atoms with Crippen molar-refractivity contribution in [2.75, 3.05) is 16.8 Å². The zero-order valence-corrected chi connectivity index (χ0v) is 15.2. The molecule has 0 aromatic heterocycles. The average molecular weight is 417 g/mol. The molecular weight excluding hydrogens is 404 g/mol. The van der Waals surface area contributed by atoms with E-state index in [-0.39, 0.29) is 23.7 Å². The minimum atomic E-state index is -4.52. The SMILES string of the molecule is O=C(Nc1cccc(C(F)(F)F)c1)C1CCN(c2ccc(Cl)cc2Cl)C1=O. The van der Waals surface area contributed by atoms with Crippen LogP contribution in [-0.4, -0.2) is 18.4 Å². The van der Waals surface area contributed by atoms with Crippen LogP contribution in [0, 0.1) is 5.92 Å². The summed E-state index contributed by atoms with van der Waals surface area (Å²) in [5.41, 5.74) is -0.473. The number of nitrogens with zero attached hydrogens (tertiary/aromatic N) is 1. The first-order valence-corrected chi connectivity index (χ1v) is 8.67. The number of hydrogen-bond acceptors (Lipinski definition) is 2. The van der Waals surface area contributed by atoms with Crippen molar-refractivity contribution in [3.8, 4) is 0 Å². The van der Waals surface area contributed by atoms with Gasteiger partial charge >= 0.3 is 6.18 Å². The predicted molar refractivity (Wildman–Crippen MR) is 97.0 cm³/mol. The second-order valence-corrected chi connectivity index (χ2v) is 6.84. The van der Waals surface area contributed by atoms with E-state index in [2.05, 4.69) is 5.32 Å². The van der Waals surface area contributed by atoms with E-state index in [4.69, 9.17) is 23.2 Å². The number of amides is 2. The molecule has 27 heavy (non-hydrogen) atoms. The Labute approximate surface area is 162 Å². The molecule has 1 N–H and O–H groups in total. The first kappa shape index (κ1) is 19.5. The quantitative estimate of drug-likeness (QED) is 0.715. The van der Waals surface area contributed by atoms with Gasteiger partial charge in [0.2, 0.25) is 11.8 Å². The summed E-state index contributed by atoms with van der Waals surface area (Å²) in [6.45, 7) is 0.265. The van der Waals surface area contributed by atoms with Crippen molar-refractivity contribution in [1.82, 2.24) is 0 Å². The van der Waals surface area contributed by atoms with E-state index < -0.39 is 29.5 Å². The third kappa shape index (κ3) is 4.20. The molecule has 1 aliphatic heterocycles. The molecule has 1 fully saturated rings. The highest BCUT2D eigenvalue weighted by atomic mass is 35.5. The van der Waals surface area contributed by atoms with E-state index in [0.29, 0.717) is 10.7 Å². The number of rotatable bonds is 3. The van der Waals surface area contributed by atoms with Crippen molar-refractivity contribution in [3.63, 3.8) is 0 Å². The molecule has 9 heteroatoms. The summed E-state index contributed by atoms with van der Waals surface area (Å²) in [4.78, 5) is 26.4. The third-order valence-electron chi connectivity index (χ3n) is 4.18. The van der Waals surface area contributed by atoms with Gasteiger partial charge in [0.05, 0.1) is 16.3 Å². The minimum Gasteiger partial charge on any atom is -0.325 e. The number of alkyl halides is 3. The van der Waals surface area contributed by atoms with Crippen LogP contribution in [0.25, 0.3) is 0 Å². The maximum Gasteiger partial charge on any atom is 0.416 e. The molecule has 2 aromatic carbocycles. The lowest BCUT2D eigenvalue weighted by molar-refractivity contribution is -0.137. The summed E-state index contributed by atoms with van der Waals surface area (Å²) in [5.74, 6) is -2.14. The molecule has 142 valence electrons. The van der Waals surface area contributed by atoms with Gasteiger partial charge in [-0.05, 0) is 42.8 Å². The maximum atomic E-state index is 12.8. The van der Waals surface area contributed by atoms with Crippen LogP contribution in [0.1, 0.15) is 12.0 Å². The standard InChI is InChI=1S/C18H13Cl2F3N2O2/c19-11-4-5-15(14(20)9-11)25-7-6-13(17(25)27)16(26)24-12-3-1-2-10(8-12)18(21,22)23/h1-5,8-9,13H,6-7H2,(H,24,26). The van der Waals surface area contributed by atoms with Crippen LogP contribution >= 0.6 is 23.2 Å². The topological polar surface area (TPSA) is 49.4 Å². The van der Waals surface area contributed by atoms with Gasteiger partial charge in [-0.2, -0.15) is 13.2 Å². The Balaban J connectivity index is 1.74. The normalized spacial score (nSPS) is 17.3. The van der Waals surface area contributed by atoms with E-state index in [1.54, 1.807) is 12.1 Å². The molecule has 0 radical (unpaired) electrons. The molecule has 0 bridgehead atoms. The Hall–Kier alpha value is -2.25. The molecule has 0 spiro atoms. The Morgan fingerprint density at radius 3 is 2.56 bits per heavy atom. The van der Waals surface area contributed by atoms with Crippen LogP contribution in [0.4, 0.5) is 24.5 Å². The maximum absolute atomic E-state index is 12.8. The van der Waals surface area contributed by atoms with Crippen molar-refractivity contribution in [3.05, 3.63) is 58.1 Å². The highest BCUT2D eigenvalue weighted by Gasteiger charge is 2.38. The highest BCUT2D eigenvalue weighted by Crippen LogP contribution is 2.34. The van der Waals surface area contributed by atoms with Crippen molar-refractivity contribution in [2.45, 2.75) is 12.6 Å². The number of carbonyl (C=O) groups excluding carboxylic acids is 2. The molecule has 1 heterocycles. The van der Waals surface area contributed by atoms with Crippen molar-refractivity contribution in [2.24, 2.45) is 5.92 Å². The monoisotopic (exact) mass is 416 g/mol. The van der Waals surface area contributed by atoms with Gasteiger partial charge in [0.1, 0.15) is 5.92 Å². The molecule has 0 saturated carbocycles. The molecule has 1 unspecified atom stereocenters. The number of halogens is 5. The second kappa shape index (κ2) is 7.40. The summed E-state index contributed by atoms with van der Waals surface area (Å²) < 4.78 is 38.3. The zero-order chi connectivity index (χ0) is 19.8. The van der Waals surface area contributed by atoms with Gasteiger partial charge in [-0.3, -0.25) is 9.59 Å². The van der Waals surface area contributed by atoms with Crippen LogP contribution in [0.15, 0.2) is 42.5 Å². The van der Waals surface area contributed by atoms with Gasteiger partial charge in [-0.25, -0.2) is 0 Å². The molecule has 2 amide bonds. The third-order valence-corrected chi connectivity index (χ3v) is 4.72. The average Bonchev–Trinajstić information content (AvgIpc) is 2.96. The minimum absolute atomic E-state index is 0.0226. The van der Waals surface area contributed by atoms with Crippen molar-refractivity contribution in [1.29, 1.82) is 0 Å². The molecule has 2 aromatic rings. The zero-order valence-electron chi connectivity index (χ0n) is 13.7. The van der Waals surface area contributed by atoms with Crippen LogP contribution in [0.3, 0.4) is 0 Å². The molecule has 1 aliphatic rings. The number of anilines is 2. The van der Waals surface area contributed by atoms with Crippen molar-refractivity contribution >= 4 is 46.4 Å². The fourth-order valence-corrected chi connectivity index (χ4v) is 3.38. The molecule has 1 atom stereocenters. The van der Waals surface area contributed by atoms with E-state index >= 15 is 0 Å². The van der Waals surface area contributed by atoms with E-state index in [1.165, 1.54) is 23.1 Å². The molecule has 1 saturated heterocycles. The Morgan fingerprint density at radius 1 is 1.15 bits per heavy atom. The first-order valence-electron chi connectivity index (χ1n) is 7.91. The van der Waals surface area contributed by atoms with E-state index in [9.17, 15) is 22.8 Å². The molecule has 4 nitrogen and oxygen atoms in total. The highest BCUT2D eigenvalue weighted by molar-refractivity contribution is 6.37. The molecule has 3 rings (SSSR count). The van der Waals surface area contributed by atoms with E-state index in [0.717, 1.165) is 12.1 Å². The Morgan fingerprint density at radius 2 is 1.89 bits per heavy atom. The summed E-state index contributed by atoms with van der Waals surface area (Å²) in [7, 11) is 0. The smallest absolute Gasteiger partial charge is 0.325 e. The van der Waals surface area contributed by atoms with Gasteiger partial charge in [0.25, 0.3) is 0 Å². The van der Waals surface area contributed by atoms with E-state index in [1.807, 2.05) is 0 Å². The summed E-state index contributed by atoms with van der Waals surface area (Å²) in [5, 5.41) is 3.07. The second-order valence-electron chi connectivity index (χ2n) is 5.99. The van der Waals surface area contributed by atoms with Crippen molar-refractivity contribution < 1.29 is 22.8 Å². The van der Waals surface area contributed by atoms with Gasteiger partial charge in [-0.15, -0.1) is 0 Å². The van der Waals surface area contributed by atoms with Crippen LogP contribution < -0.4 is 10.2 Å². The lowest BCUT2D eigenvalue weighted by Crippen LogP contribution is -2.33. The molecule has 0 aliphatic carbocycles. The molecular formula is C18H13Cl2F3N2O2. The largest absolute Gasteiger partial charge is 0.416 e. The summed E-state index contributed by atoms with van der Waals surface area (Å²) in [6.07, 6.45) is -4.30. The summed E-state index contributed by atoms with van der Waals surface area (Å²) >= 11 is 11.9.